The maximum Gasteiger partial charge on any atom is 0.0365 e. The Morgan fingerprint density at radius 2 is 2.00 bits per heavy atom. The van der Waals surface area contributed by atoms with Crippen LogP contribution in [0.15, 0.2) is 18.2 Å². The topological polar surface area (TPSA) is 41.3 Å². The van der Waals surface area contributed by atoms with Gasteiger partial charge in [0, 0.05) is 17.4 Å². The van der Waals surface area contributed by atoms with Gasteiger partial charge in [0.1, 0.15) is 0 Å². The summed E-state index contributed by atoms with van der Waals surface area (Å²) in [4.78, 5) is 2.20. The van der Waals surface area contributed by atoms with E-state index in [1.807, 2.05) is 12.1 Å². The molecular weight excluding hydrogens is 198 g/mol. The number of nitrogens with zero attached hydrogens (tertiary/aromatic N) is 1. The van der Waals surface area contributed by atoms with Crippen LogP contribution in [-0.2, 0) is 0 Å². The van der Waals surface area contributed by atoms with E-state index in [0.29, 0.717) is 6.04 Å². The van der Waals surface area contributed by atoms with Crippen molar-refractivity contribution < 1.29 is 0 Å². The van der Waals surface area contributed by atoms with Gasteiger partial charge in [-0.15, -0.1) is 0 Å². The van der Waals surface area contributed by atoms with Crippen LogP contribution in [0.25, 0.3) is 0 Å². The van der Waals surface area contributed by atoms with E-state index in [4.69, 9.17) is 5.73 Å². The molecule has 0 saturated heterocycles. The molecule has 0 fully saturated rings. The zero-order valence-electron chi connectivity index (χ0n) is 10.7. The minimum Gasteiger partial charge on any atom is -0.399 e. The Bertz CT molecular complexity index is 314. The lowest BCUT2D eigenvalue weighted by atomic mass is 10.1. The van der Waals surface area contributed by atoms with Crippen molar-refractivity contribution in [1.29, 1.82) is 0 Å². The van der Waals surface area contributed by atoms with Crippen LogP contribution in [0.5, 0.6) is 0 Å². The van der Waals surface area contributed by atoms with Gasteiger partial charge in [0.2, 0.25) is 0 Å². The van der Waals surface area contributed by atoms with Crippen LogP contribution in [0.2, 0.25) is 0 Å². The minimum atomic E-state index is 0.462. The number of nitrogen functional groups attached to an aromatic ring is 1. The summed E-state index contributed by atoms with van der Waals surface area (Å²) >= 11 is 0. The average molecular weight is 221 g/mol. The van der Waals surface area contributed by atoms with Gasteiger partial charge in [-0.2, -0.15) is 0 Å². The van der Waals surface area contributed by atoms with Crippen LogP contribution < -0.4 is 11.1 Å². The normalized spacial score (nSPS) is 12.8. The van der Waals surface area contributed by atoms with Gasteiger partial charge in [0.25, 0.3) is 0 Å². The molecule has 1 aromatic carbocycles. The summed E-state index contributed by atoms with van der Waals surface area (Å²) in [6.07, 6.45) is 1.13. The molecule has 3 nitrogen and oxygen atoms in total. The number of anilines is 2. The SMILES string of the molecule is Cc1cc(N)cc(NC(C)CCN(C)C)c1. The minimum absolute atomic E-state index is 0.462. The van der Waals surface area contributed by atoms with E-state index >= 15 is 0 Å². The van der Waals surface area contributed by atoms with Crippen molar-refractivity contribution in [2.75, 3.05) is 31.7 Å². The third-order valence-corrected chi connectivity index (χ3v) is 2.52. The van der Waals surface area contributed by atoms with E-state index in [0.717, 1.165) is 24.3 Å². The first-order chi connectivity index (χ1) is 7.47. The molecule has 0 amide bonds. The molecule has 0 aliphatic rings. The van der Waals surface area contributed by atoms with Gasteiger partial charge in [-0.05, 0) is 64.7 Å². The van der Waals surface area contributed by atoms with Gasteiger partial charge in [-0.3, -0.25) is 0 Å². The Morgan fingerprint density at radius 3 is 2.56 bits per heavy atom. The molecule has 1 rings (SSSR count). The van der Waals surface area contributed by atoms with Crippen LogP contribution in [0.4, 0.5) is 11.4 Å². The van der Waals surface area contributed by atoms with Gasteiger partial charge < -0.3 is 16.0 Å². The highest BCUT2D eigenvalue weighted by Gasteiger charge is 2.03. The second kappa shape index (κ2) is 5.75. The molecule has 3 heteroatoms. The molecule has 0 aliphatic heterocycles. The molecule has 3 N–H and O–H groups in total. The maximum absolute atomic E-state index is 5.81. The molecule has 1 atom stereocenters. The summed E-state index contributed by atoms with van der Waals surface area (Å²) in [5.74, 6) is 0. The molecule has 0 aliphatic carbocycles. The Balaban J connectivity index is 2.52. The molecule has 0 spiro atoms. The van der Waals surface area contributed by atoms with Gasteiger partial charge in [-0.1, -0.05) is 0 Å². The molecule has 0 heterocycles. The lowest BCUT2D eigenvalue weighted by molar-refractivity contribution is 0.390. The standard InChI is InChI=1S/C13H23N3/c1-10-7-12(14)9-13(8-10)15-11(2)5-6-16(3)4/h7-9,11,15H,5-6,14H2,1-4H3. The van der Waals surface area contributed by atoms with Crippen molar-refractivity contribution in [1.82, 2.24) is 4.90 Å². The first kappa shape index (κ1) is 12.8. The predicted octanol–water partition coefficient (Wildman–Crippen LogP) is 2.33. The molecule has 16 heavy (non-hydrogen) atoms. The molecule has 0 bridgehead atoms. The van der Waals surface area contributed by atoms with Crippen molar-refractivity contribution >= 4 is 11.4 Å². The zero-order valence-corrected chi connectivity index (χ0v) is 10.7. The monoisotopic (exact) mass is 221 g/mol. The van der Waals surface area contributed by atoms with Crippen molar-refractivity contribution in [2.24, 2.45) is 0 Å². The molecule has 0 saturated carbocycles. The Labute approximate surface area is 98.6 Å². The second-order valence-corrected chi connectivity index (χ2v) is 4.77. The van der Waals surface area contributed by atoms with Gasteiger partial charge in [0.15, 0.2) is 0 Å². The van der Waals surface area contributed by atoms with Crippen LogP contribution >= 0.6 is 0 Å². The lowest BCUT2D eigenvalue weighted by Crippen LogP contribution is -2.23. The predicted molar refractivity (Wildman–Crippen MR) is 71.8 cm³/mol. The largest absolute Gasteiger partial charge is 0.399 e. The summed E-state index contributed by atoms with van der Waals surface area (Å²) in [6, 6.07) is 6.56. The summed E-state index contributed by atoms with van der Waals surface area (Å²) in [5, 5.41) is 3.47. The van der Waals surface area contributed by atoms with E-state index in [2.05, 4.69) is 44.2 Å². The lowest BCUT2D eigenvalue weighted by Gasteiger charge is -2.18. The summed E-state index contributed by atoms with van der Waals surface area (Å²) in [6.45, 7) is 5.35. The third kappa shape index (κ3) is 4.53. The van der Waals surface area contributed by atoms with Gasteiger partial charge in [0.05, 0.1) is 0 Å². The molecule has 0 radical (unpaired) electrons. The number of aryl methyl sites for hydroxylation is 1. The van der Waals surface area contributed by atoms with Crippen molar-refractivity contribution in [3.63, 3.8) is 0 Å². The highest BCUT2D eigenvalue weighted by atomic mass is 15.1. The first-order valence-corrected chi connectivity index (χ1v) is 5.76. The average Bonchev–Trinajstić information content (AvgIpc) is 2.12. The maximum atomic E-state index is 5.81. The number of nitrogens with two attached hydrogens (primary N) is 1. The fraction of sp³-hybridized carbons (Fsp3) is 0.538. The highest BCUT2D eigenvalue weighted by Crippen LogP contribution is 2.17. The van der Waals surface area contributed by atoms with Crippen LogP contribution in [0, 0.1) is 6.92 Å². The number of hydrogen-bond donors (Lipinski definition) is 2. The van der Waals surface area contributed by atoms with Crippen molar-refractivity contribution in [3.05, 3.63) is 23.8 Å². The van der Waals surface area contributed by atoms with Crippen molar-refractivity contribution in [3.8, 4) is 0 Å². The number of benzene rings is 1. The first-order valence-electron chi connectivity index (χ1n) is 5.76. The van der Waals surface area contributed by atoms with E-state index in [1.54, 1.807) is 0 Å². The van der Waals surface area contributed by atoms with Gasteiger partial charge >= 0.3 is 0 Å². The zero-order chi connectivity index (χ0) is 12.1. The summed E-state index contributed by atoms with van der Waals surface area (Å²) in [5.41, 5.74) is 8.94. The van der Waals surface area contributed by atoms with E-state index in [-0.39, 0.29) is 0 Å². The highest BCUT2D eigenvalue weighted by molar-refractivity contribution is 5.57. The molecule has 0 aromatic heterocycles. The number of nitrogens with one attached hydrogen (secondary N) is 1. The van der Waals surface area contributed by atoms with Crippen LogP contribution in [0.3, 0.4) is 0 Å². The molecule has 1 aromatic rings. The fourth-order valence-electron chi connectivity index (χ4n) is 1.70. The van der Waals surface area contributed by atoms with E-state index < -0.39 is 0 Å². The van der Waals surface area contributed by atoms with Gasteiger partial charge in [-0.25, -0.2) is 0 Å². The Kier molecular flexibility index (Phi) is 4.62. The Morgan fingerprint density at radius 1 is 1.31 bits per heavy atom. The van der Waals surface area contributed by atoms with Crippen LogP contribution in [-0.4, -0.2) is 31.6 Å². The third-order valence-electron chi connectivity index (χ3n) is 2.52. The van der Waals surface area contributed by atoms with E-state index in [9.17, 15) is 0 Å². The smallest absolute Gasteiger partial charge is 0.0365 e. The fourth-order valence-corrected chi connectivity index (χ4v) is 1.70. The summed E-state index contributed by atoms with van der Waals surface area (Å²) in [7, 11) is 4.19. The van der Waals surface area contributed by atoms with Crippen LogP contribution in [0.1, 0.15) is 18.9 Å². The molecular formula is C13H23N3. The quantitative estimate of drug-likeness (QED) is 0.750. The number of hydrogen-bond acceptors (Lipinski definition) is 3. The Hall–Kier alpha value is -1.22. The molecule has 90 valence electrons. The number of rotatable bonds is 5. The summed E-state index contributed by atoms with van der Waals surface area (Å²) < 4.78 is 0. The van der Waals surface area contributed by atoms with E-state index in [1.165, 1.54) is 5.56 Å². The van der Waals surface area contributed by atoms with Crippen molar-refractivity contribution in [2.45, 2.75) is 26.3 Å². The molecule has 1 unspecified atom stereocenters. The second-order valence-electron chi connectivity index (χ2n) is 4.77.